The van der Waals surface area contributed by atoms with Crippen LogP contribution >= 0.6 is 0 Å². The van der Waals surface area contributed by atoms with Gasteiger partial charge in [-0.25, -0.2) is 24.3 Å². The molecule has 1 atom stereocenters. The van der Waals surface area contributed by atoms with Crippen LogP contribution in [0, 0.1) is 23.2 Å². The maximum absolute atomic E-state index is 12.7. The molecule has 1 aromatic carbocycles. The van der Waals surface area contributed by atoms with Crippen molar-refractivity contribution in [1.82, 2.24) is 29.2 Å². The molecule has 0 saturated carbocycles. The molecule has 1 unspecified atom stereocenters. The second kappa shape index (κ2) is 9.82. The van der Waals surface area contributed by atoms with Crippen LogP contribution in [0.2, 0.25) is 0 Å². The molecule has 1 amide bonds. The van der Waals surface area contributed by atoms with Gasteiger partial charge in [0.05, 0.1) is 23.9 Å². The zero-order valence-electron chi connectivity index (χ0n) is 19.6. The highest BCUT2D eigenvalue weighted by atomic mass is 16.1. The van der Waals surface area contributed by atoms with Gasteiger partial charge in [-0.1, -0.05) is 18.1 Å². The Hall–Kier alpha value is -4.80. The van der Waals surface area contributed by atoms with E-state index in [2.05, 4.69) is 37.0 Å². The molecule has 4 aromatic rings. The van der Waals surface area contributed by atoms with E-state index in [0.29, 0.717) is 34.4 Å². The number of likely N-dealkylation sites (tertiary alicyclic amines) is 1. The van der Waals surface area contributed by atoms with Crippen LogP contribution in [0.15, 0.2) is 48.9 Å². The Labute approximate surface area is 207 Å². The van der Waals surface area contributed by atoms with E-state index in [4.69, 9.17) is 16.0 Å². The molecule has 3 N–H and O–H groups in total. The lowest BCUT2D eigenvalue weighted by atomic mass is 10.1. The lowest BCUT2D eigenvalue weighted by Crippen LogP contribution is -2.20. The molecule has 3 aromatic heterocycles. The number of anilines is 2. The van der Waals surface area contributed by atoms with Gasteiger partial charge in [0.2, 0.25) is 5.95 Å². The van der Waals surface area contributed by atoms with Crippen LogP contribution in [0.5, 0.6) is 0 Å². The normalized spacial score (nSPS) is 15.3. The summed E-state index contributed by atoms with van der Waals surface area (Å²) in [6.45, 7) is 4.39. The van der Waals surface area contributed by atoms with Crippen molar-refractivity contribution in [3.8, 4) is 29.3 Å². The van der Waals surface area contributed by atoms with Crippen molar-refractivity contribution in [3.63, 3.8) is 0 Å². The van der Waals surface area contributed by atoms with Crippen LogP contribution in [0.3, 0.4) is 0 Å². The van der Waals surface area contributed by atoms with Crippen LogP contribution < -0.4 is 11.1 Å². The Balaban J connectivity index is 1.43. The second-order valence-electron chi connectivity index (χ2n) is 8.43. The molecule has 178 valence electrons. The van der Waals surface area contributed by atoms with Gasteiger partial charge in [0.15, 0.2) is 5.65 Å². The molecule has 1 saturated heterocycles. The summed E-state index contributed by atoms with van der Waals surface area (Å²) in [7, 11) is 0. The fourth-order valence-electron chi connectivity index (χ4n) is 4.36. The predicted octanol–water partition coefficient (Wildman–Crippen LogP) is 2.71. The summed E-state index contributed by atoms with van der Waals surface area (Å²) >= 11 is 0. The molecule has 0 spiro atoms. The van der Waals surface area contributed by atoms with Crippen molar-refractivity contribution in [2.24, 2.45) is 0 Å². The number of aromatic nitrogens is 5. The minimum absolute atomic E-state index is 0.212. The average Bonchev–Trinajstić information content (AvgIpc) is 3.53. The number of carbonyl (C=O) groups excluding carboxylic acids is 1. The number of hydrogen-bond donors (Lipinski definition) is 2. The maximum Gasteiger partial charge on any atom is 0.256 e. The highest BCUT2D eigenvalue weighted by molar-refractivity contribution is 6.04. The first-order chi connectivity index (χ1) is 17.6. The number of nitriles is 1. The SMILES string of the molecule is CC#CCN1CCC(c2nc(-c3ccc(C(=O)Nc4cc(C#N)ccn4)cc3)n3c(N)ncnc23)C1. The number of nitrogens with one attached hydrogen (secondary N) is 1. The molecule has 36 heavy (non-hydrogen) atoms. The van der Waals surface area contributed by atoms with Gasteiger partial charge in [0.25, 0.3) is 5.91 Å². The Bertz CT molecular complexity index is 1540. The van der Waals surface area contributed by atoms with E-state index in [1.165, 1.54) is 18.6 Å². The fourth-order valence-corrected chi connectivity index (χ4v) is 4.36. The summed E-state index contributed by atoms with van der Waals surface area (Å²) < 4.78 is 1.76. The third-order valence-electron chi connectivity index (χ3n) is 6.15. The quantitative estimate of drug-likeness (QED) is 0.419. The maximum atomic E-state index is 12.7. The molecule has 0 radical (unpaired) electrons. The molecule has 1 aliphatic rings. The smallest absolute Gasteiger partial charge is 0.256 e. The summed E-state index contributed by atoms with van der Waals surface area (Å²) in [4.78, 5) is 32.7. The van der Waals surface area contributed by atoms with Crippen LogP contribution in [0.4, 0.5) is 11.8 Å². The monoisotopic (exact) mass is 477 g/mol. The predicted molar refractivity (Wildman–Crippen MR) is 135 cm³/mol. The van der Waals surface area contributed by atoms with Gasteiger partial charge in [0, 0.05) is 29.8 Å². The van der Waals surface area contributed by atoms with Crippen LogP contribution in [0.1, 0.15) is 40.9 Å². The lowest BCUT2D eigenvalue weighted by Gasteiger charge is -2.11. The van der Waals surface area contributed by atoms with E-state index in [0.717, 1.165) is 37.3 Å². The van der Waals surface area contributed by atoms with Gasteiger partial charge >= 0.3 is 0 Å². The van der Waals surface area contributed by atoms with E-state index in [1.807, 2.05) is 25.1 Å². The van der Waals surface area contributed by atoms with Crippen molar-refractivity contribution in [3.05, 3.63) is 65.7 Å². The van der Waals surface area contributed by atoms with Crippen molar-refractivity contribution in [1.29, 1.82) is 5.26 Å². The summed E-state index contributed by atoms with van der Waals surface area (Å²) in [5.74, 6) is 7.19. The molecule has 10 heteroatoms. The first kappa shape index (κ1) is 23.0. The van der Waals surface area contributed by atoms with E-state index >= 15 is 0 Å². The third kappa shape index (κ3) is 4.45. The fraction of sp³-hybridized carbons (Fsp3) is 0.231. The summed E-state index contributed by atoms with van der Waals surface area (Å²) in [6.07, 6.45) is 3.89. The summed E-state index contributed by atoms with van der Waals surface area (Å²) in [5.41, 5.74) is 9.45. The standard InChI is InChI=1S/C26H23N9O/c1-2-3-11-34-12-9-20(15-34)22-24-30-16-31-26(28)35(24)23(33-22)18-4-6-19(7-5-18)25(36)32-21-13-17(14-27)8-10-29-21/h4-8,10,13,16,20H,9,11-12,15H2,1H3,(H2,28,30,31)(H,29,32,36). The largest absolute Gasteiger partial charge is 0.369 e. The average molecular weight is 478 g/mol. The number of amides is 1. The van der Waals surface area contributed by atoms with Crippen molar-refractivity contribution < 1.29 is 4.79 Å². The molecular formula is C26H23N9O. The Kier molecular flexibility index (Phi) is 6.27. The number of nitrogen functional groups attached to an aromatic ring is 1. The van der Waals surface area contributed by atoms with Gasteiger partial charge in [0.1, 0.15) is 18.0 Å². The molecule has 5 rings (SSSR count). The number of nitrogens with two attached hydrogens (primary N) is 1. The number of nitrogens with zero attached hydrogens (tertiary/aromatic N) is 7. The zero-order valence-corrected chi connectivity index (χ0v) is 19.6. The number of fused-ring (bicyclic) bond motifs is 1. The van der Waals surface area contributed by atoms with Crippen molar-refractivity contribution in [2.75, 3.05) is 30.7 Å². The zero-order chi connectivity index (χ0) is 25.1. The van der Waals surface area contributed by atoms with Crippen LogP contribution in [-0.4, -0.2) is 54.8 Å². The highest BCUT2D eigenvalue weighted by Gasteiger charge is 2.29. The molecule has 4 heterocycles. The molecule has 10 nitrogen and oxygen atoms in total. The first-order valence-corrected chi connectivity index (χ1v) is 11.5. The van der Waals surface area contributed by atoms with Crippen molar-refractivity contribution >= 4 is 23.3 Å². The summed E-state index contributed by atoms with van der Waals surface area (Å²) in [5, 5.41) is 11.8. The Morgan fingerprint density at radius 2 is 2.06 bits per heavy atom. The highest BCUT2D eigenvalue weighted by Crippen LogP contribution is 2.32. The number of carbonyl (C=O) groups is 1. The van der Waals surface area contributed by atoms with Gasteiger partial charge < -0.3 is 11.1 Å². The topological polar surface area (TPSA) is 138 Å². The molecule has 1 aliphatic heterocycles. The second-order valence-corrected chi connectivity index (χ2v) is 8.43. The number of hydrogen-bond acceptors (Lipinski definition) is 8. The number of imidazole rings is 1. The van der Waals surface area contributed by atoms with E-state index in [9.17, 15) is 4.79 Å². The Morgan fingerprint density at radius 1 is 1.22 bits per heavy atom. The van der Waals surface area contributed by atoms with Crippen LogP contribution in [0.25, 0.3) is 17.0 Å². The molecular weight excluding hydrogens is 454 g/mol. The Morgan fingerprint density at radius 3 is 2.83 bits per heavy atom. The molecule has 0 aliphatic carbocycles. The summed E-state index contributed by atoms with van der Waals surface area (Å²) in [6, 6.07) is 12.2. The van der Waals surface area contributed by atoms with Crippen molar-refractivity contribution in [2.45, 2.75) is 19.3 Å². The van der Waals surface area contributed by atoms with Gasteiger partial charge in [-0.15, -0.1) is 5.92 Å². The minimum Gasteiger partial charge on any atom is -0.369 e. The lowest BCUT2D eigenvalue weighted by molar-refractivity contribution is 0.102. The van der Waals surface area contributed by atoms with Gasteiger partial charge in [-0.05, 0) is 44.2 Å². The number of benzene rings is 1. The van der Waals surface area contributed by atoms with Gasteiger partial charge in [-0.2, -0.15) is 5.26 Å². The van der Waals surface area contributed by atoms with E-state index < -0.39 is 0 Å². The van der Waals surface area contributed by atoms with E-state index in [1.54, 1.807) is 22.6 Å². The van der Waals surface area contributed by atoms with Crippen LogP contribution in [-0.2, 0) is 0 Å². The molecule has 1 fully saturated rings. The third-order valence-corrected chi connectivity index (χ3v) is 6.15. The number of rotatable bonds is 5. The van der Waals surface area contributed by atoms with E-state index in [-0.39, 0.29) is 11.8 Å². The van der Waals surface area contributed by atoms with Gasteiger partial charge in [-0.3, -0.25) is 9.69 Å². The first-order valence-electron chi connectivity index (χ1n) is 11.5. The molecule has 0 bridgehead atoms. The number of pyridine rings is 1. The minimum atomic E-state index is -0.332.